The fourth-order valence-corrected chi connectivity index (χ4v) is 3.69. The van der Waals surface area contributed by atoms with Gasteiger partial charge in [0.15, 0.2) is 5.82 Å². The molecule has 1 amide bonds. The molecule has 29 heavy (non-hydrogen) atoms. The summed E-state index contributed by atoms with van der Waals surface area (Å²) in [6, 6.07) is 9.48. The molecule has 0 radical (unpaired) electrons. The summed E-state index contributed by atoms with van der Waals surface area (Å²) in [5, 5.41) is 4.21. The molecule has 1 aliphatic rings. The van der Waals surface area contributed by atoms with Gasteiger partial charge in [-0.3, -0.25) is 9.48 Å². The monoisotopic (exact) mass is 391 g/mol. The van der Waals surface area contributed by atoms with Crippen molar-refractivity contribution in [1.29, 1.82) is 0 Å². The van der Waals surface area contributed by atoms with E-state index in [1.807, 2.05) is 63.1 Å². The molecule has 1 atom stereocenters. The summed E-state index contributed by atoms with van der Waals surface area (Å²) in [7, 11) is 1.84. The Morgan fingerprint density at radius 1 is 1.17 bits per heavy atom. The van der Waals surface area contributed by atoms with Gasteiger partial charge in [-0.1, -0.05) is 18.2 Å². The number of carbonyl (C=O) groups excluding carboxylic acids is 1. The quantitative estimate of drug-likeness (QED) is 0.674. The predicted octanol–water partition coefficient (Wildman–Crippen LogP) is 3.90. The first-order chi connectivity index (χ1) is 13.9. The van der Waals surface area contributed by atoms with Gasteiger partial charge in [-0.2, -0.15) is 10.1 Å². The maximum absolute atomic E-state index is 13.2. The number of amides is 1. The largest absolute Gasteiger partial charge is 0.439 e. The summed E-state index contributed by atoms with van der Waals surface area (Å²) < 4.78 is 7.74. The third-order valence-corrected chi connectivity index (χ3v) is 5.43. The Morgan fingerprint density at radius 2 is 1.97 bits per heavy atom. The van der Waals surface area contributed by atoms with E-state index >= 15 is 0 Å². The van der Waals surface area contributed by atoms with E-state index in [2.05, 4.69) is 15.1 Å². The number of likely N-dealkylation sites (tertiary alicyclic amines) is 1. The highest BCUT2D eigenvalue weighted by atomic mass is 16.5. The molecule has 3 aromatic rings. The van der Waals surface area contributed by atoms with Gasteiger partial charge in [-0.15, -0.1) is 0 Å². The van der Waals surface area contributed by atoms with Crippen LogP contribution in [0.25, 0.3) is 0 Å². The zero-order valence-electron chi connectivity index (χ0n) is 17.2. The van der Waals surface area contributed by atoms with Crippen molar-refractivity contribution in [3.8, 4) is 11.6 Å². The standard InChI is InChI=1S/C22H25N5O2/c1-14-8-5-6-10-19(14)29-20-12-15(2)24-21(25-20)18-9-7-11-27(18)22(28)17-13-23-26(4)16(17)3/h5-6,8,10,12-13,18H,7,9,11H2,1-4H3/t18-/m1/s1. The number of hydrogen-bond donors (Lipinski definition) is 0. The highest BCUT2D eigenvalue weighted by Crippen LogP contribution is 2.33. The third kappa shape index (κ3) is 3.72. The normalized spacial score (nSPS) is 16.3. The maximum Gasteiger partial charge on any atom is 0.257 e. The smallest absolute Gasteiger partial charge is 0.257 e. The molecule has 1 saturated heterocycles. The van der Waals surface area contributed by atoms with Gasteiger partial charge in [-0.05, 0) is 45.2 Å². The Kier molecular flexibility index (Phi) is 5.05. The van der Waals surface area contributed by atoms with Crippen LogP contribution < -0.4 is 4.74 Å². The molecule has 4 rings (SSSR count). The van der Waals surface area contributed by atoms with Crippen LogP contribution in [0.1, 0.15) is 52.0 Å². The van der Waals surface area contributed by atoms with E-state index in [4.69, 9.17) is 4.74 Å². The van der Waals surface area contributed by atoms with Crippen molar-refractivity contribution in [3.05, 3.63) is 64.9 Å². The summed E-state index contributed by atoms with van der Waals surface area (Å²) in [6.45, 7) is 6.51. The van der Waals surface area contributed by atoms with Gasteiger partial charge < -0.3 is 9.64 Å². The number of rotatable bonds is 4. The zero-order chi connectivity index (χ0) is 20.5. The minimum absolute atomic E-state index is 0.0235. The van der Waals surface area contributed by atoms with E-state index in [0.717, 1.165) is 35.5 Å². The van der Waals surface area contributed by atoms with Gasteiger partial charge in [0.25, 0.3) is 5.91 Å². The van der Waals surface area contributed by atoms with Crippen LogP contribution in [0.15, 0.2) is 36.5 Å². The van der Waals surface area contributed by atoms with Crippen molar-refractivity contribution in [2.24, 2.45) is 7.05 Å². The number of aromatic nitrogens is 4. The minimum Gasteiger partial charge on any atom is -0.439 e. The lowest BCUT2D eigenvalue weighted by Gasteiger charge is -2.24. The van der Waals surface area contributed by atoms with Crippen molar-refractivity contribution in [3.63, 3.8) is 0 Å². The summed E-state index contributed by atoms with van der Waals surface area (Å²) in [6.07, 6.45) is 3.39. The van der Waals surface area contributed by atoms with Crippen LogP contribution in [0.4, 0.5) is 0 Å². The summed E-state index contributed by atoms with van der Waals surface area (Å²) in [5.74, 6) is 1.87. The van der Waals surface area contributed by atoms with Gasteiger partial charge in [0.1, 0.15) is 5.75 Å². The molecule has 7 heteroatoms. The van der Waals surface area contributed by atoms with Gasteiger partial charge in [0.2, 0.25) is 5.88 Å². The second-order valence-corrected chi connectivity index (χ2v) is 7.50. The Morgan fingerprint density at radius 3 is 2.69 bits per heavy atom. The minimum atomic E-state index is -0.166. The van der Waals surface area contributed by atoms with Crippen LogP contribution in [0.5, 0.6) is 11.6 Å². The molecule has 3 heterocycles. The highest BCUT2D eigenvalue weighted by Gasteiger charge is 2.34. The molecule has 0 spiro atoms. The molecule has 1 aliphatic heterocycles. The topological polar surface area (TPSA) is 73.1 Å². The van der Waals surface area contributed by atoms with Crippen LogP contribution in [-0.4, -0.2) is 37.1 Å². The first kappa shape index (κ1) is 19.1. The molecule has 2 aromatic heterocycles. The van der Waals surface area contributed by atoms with Crippen molar-refractivity contribution in [1.82, 2.24) is 24.6 Å². The number of hydrogen-bond acceptors (Lipinski definition) is 5. The molecular weight excluding hydrogens is 366 g/mol. The molecule has 0 N–H and O–H groups in total. The SMILES string of the molecule is Cc1cc(Oc2ccccc2C)nc([C@H]2CCCN2C(=O)c2cnn(C)c2C)n1. The van der Waals surface area contributed by atoms with E-state index < -0.39 is 0 Å². The Labute approximate surface area is 170 Å². The number of benzene rings is 1. The van der Waals surface area contributed by atoms with Crippen molar-refractivity contribution < 1.29 is 9.53 Å². The zero-order valence-corrected chi connectivity index (χ0v) is 17.2. The van der Waals surface area contributed by atoms with Crippen LogP contribution in [-0.2, 0) is 7.05 Å². The Balaban J connectivity index is 1.63. The van der Waals surface area contributed by atoms with Crippen LogP contribution in [0, 0.1) is 20.8 Å². The molecule has 0 unspecified atom stereocenters. The lowest BCUT2D eigenvalue weighted by Crippen LogP contribution is -2.32. The van der Waals surface area contributed by atoms with Crippen LogP contribution in [0.2, 0.25) is 0 Å². The molecule has 0 aliphatic carbocycles. The van der Waals surface area contributed by atoms with E-state index in [1.54, 1.807) is 10.9 Å². The number of carbonyl (C=O) groups is 1. The number of nitrogens with zero attached hydrogens (tertiary/aromatic N) is 5. The summed E-state index contributed by atoms with van der Waals surface area (Å²) in [4.78, 5) is 24.3. The highest BCUT2D eigenvalue weighted by molar-refractivity contribution is 5.95. The van der Waals surface area contributed by atoms with E-state index in [9.17, 15) is 4.79 Å². The molecule has 0 saturated carbocycles. The first-order valence-corrected chi connectivity index (χ1v) is 9.82. The molecule has 1 fully saturated rings. The van der Waals surface area contributed by atoms with Crippen molar-refractivity contribution in [2.75, 3.05) is 6.54 Å². The lowest BCUT2D eigenvalue weighted by molar-refractivity contribution is 0.0728. The van der Waals surface area contributed by atoms with Crippen LogP contribution >= 0.6 is 0 Å². The van der Waals surface area contributed by atoms with Crippen molar-refractivity contribution >= 4 is 5.91 Å². The average Bonchev–Trinajstić information content (AvgIpc) is 3.30. The second-order valence-electron chi connectivity index (χ2n) is 7.50. The molecule has 1 aromatic carbocycles. The van der Waals surface area contributed by atoms with Gasteiger partial charge in [-0.25, -0.2) is 4.98 Å². The van der Waals surface area contributed by atoms with E-state index in [1.165, 1.54) is 0 Å². The average molecular weight is 391 g/mol. The maximum atomic E-state index is 13.2. The third-order valence-electron chi connectivity index (χ3n) is 5.43. The summed E-state index contributed by atoms with van der Waals surface area (Å²) >= 11 is 0. The predicted molar refractivity (Wildman–Crippen MR) is 109 cm³/mol. The number of aryl methyl sites for hydroxylation is 3. The number of ether oxygens (including phenoxy) is 1. The van der Waals surface area contributed by atoms with E-state index in [0.29, 0.717) is 23.8 Å². The molecular formula is C22H25N5O2. The fourth-order valence-electron chi connectivity index (χ4n) is 3.69. The van der Waals surface area contributed by atoms with Gasteiger partial charge in [0, 0.05) is 31.0 Å². The van der Waals surface area contributed by atoms with Gasteiger partial charge >= 0.3 is 0 Å². The van der Waals surface area contributed by atoms with Gasteiger partial charge in [0.05, 0.1) is 17.8 Å². The second kappa shape index (κ2) is 7.66. The van der Waals surface area contributed by atoms with Crippen LogP contribution in [0.3, 0.4) is 0 Å². The Hall–Kier alpha value is -3.22. The molecule has 0 bridgehead atoms. The molecule has 150 valence electrons. The summed E-state index contributed by atoms with van der Waals surface area (Å²) in [5.41, 5.74) is 3.34. The number of para-hydroxylation sites is 1. The lowest BCUT2D eigenvalue weighted by atomic mass is 10.1. The van der Waals surface area contributed by atoms with E-state index in [-0.39, 0.29) is 11.9 Å². The molecule has 7 nitrogen and oxygen atoms in total. The Bertz CT molecular complexity index is 1060. The fraction of sp³-hybridized carbons (Fsp3) is 0.364. The first-order valence-electron chi connectivity index (χ1n) is 9.82. The van der Waals surface area contributed by atoms with Crippen molar-refractivity contribution in [2.45, 2.75) is 39.7 Å².